The van der Waals surface area contributed by atoms with Crippen LogP contribution in [0.5, 0.6) is 0 Å². The second kappa shape index (κ2) is 11.9. The molecule has 1 aromatic carbocycles. The van der Waals surface area contributed by atoms with E-state index >= 15 is 4.39 Å². The van der Waals surface area contributed by atoms with Crippen molar-refractivity contribution >= 4 is 17.3 Å². The lowest BCUT2D eigenvalue weighted by atomic mass is 9.44. The first kappa shape index (κ1) is 35.2. The van der Waals surface area contributed by atoms with Crippen molar-refractivity contribution in [3.05, 3.63) is 83.2 Å². The number of alkyl halides is 1. The number of carbonyl (C=O) groups excluding carboxylic acids is 2. The van der Waals surface area contributed by atoms with Gasteiger partial charge in [0.05, 0.1) is 12.2 Å². The molecule has 50 heavy (non-hydrogen) atoms. The summed E-state index contributed by atoms with van der Waals surface area (Å²) in [5.74, 6) is -1.62. The van der Waals surface area contributed by atoms with Crippen LogP contribution in [0.1, 0.15) is 96.8 Å². The quantitative estimate of drug-likeness (QED) is 0.288. The number of aliphatic hydroxyl groups excluding tert-OH is 2. The van der Waals surface area contributed by atoms with Crippen LogP contribution in [0.15, 0.2) is 66.4 Å². The van der Waals surface area contributed by atoms with Crippen LogP contribution in [0.25, 0.3) is 0 Å². The largest absolute Gasteiger partial charge is 0.390 e. The number of aliphatic hydroxyl groups is 2. The number of carbonyl (C=O) groups is 2. The minimum absolute atomic E-state index is 0. The van der Waals surface area contributed by atoms with E-state index in [9.17, 15) is 19.8 Å². The van der Waals surface area contributed by atoms with Crippen LogP contribution in [0.2, 0.25) is 0 Å². The Hall–Kier alpha value is -3.24. The molecule has 3 N–H and O–H groups in total. The van der Waals surface area contributed by atoms with Gasteiger partial charge in [-0.1, -0.05) is 44.2 Å². The molecule has 2 aromatic rings. The zero-order valence-corrected chi connectivity index (χ0v) is 28.7. The van der Waals surface area contributed by atoms with E-state index in [0.29, 0.717) is 36.4 Å². The van der Waals surface area contributed by atoms with Gasteiger partial charge in [-0.2, -0.15) is 0 Å². The number of anilines is 1. The molecule has 2 heterocycles. The van der Waals surface area contributed by atoms with E-state index in [4.69, 9.17) is 14.5 Å². The maximum absolute atomic E-state index is 17.6. The highest BCUT2D eigenvalue weighted by atomic mass is 19.1. The number of hydrogen-bond acceptors (Lipinski definition) is 8. The van der Waals surface area contributed by atoms with Crippen LogP contribution >= 0.6 is 0 Å². The molecule has 6 aliphatic rings. The van der Waals surface area contributed by atoms with Crippen molar-refractivity contribution < 1.29 is 33.7 Å². The first-order valence-electron chi connectivity index (χ1n) is 17.9. The summed E-state index contributed by atoms with van der Waals surface area (Å²) < 4.78 is 30.8. The topological polar surface area (TPSA) is 118 Å². The lowest BCUT2D eigenvalue weighted by molar-refractivity contribution is -0.231. The van der Waals surface area contributed by atoms with Crippen molar-refractivity contribution in [3.63, 3.8) is 0 Å². The molecule has 9 heteroatoms. The van der Waals surface area contributed by atoms with E-state index in [1.54, 1.807) is 19.2 Å². The number of halogens is 1. The Bertz CT molecular complexity index is 1740. The van der Waals surface area contributed by atoms with Crippen LogP contribution in [0.4, 0.5) is 10.1 Å². The van der Waals surface area contributed by atoms with E-state index in [1.165, 1.54) is 17.7 Å². The van der Waals surface area contributed by atoms with Gasteiger partial charge >= 0.3 is 0 Å². The third kappa shape index (κ3) is 4.79. The molecule has 0 radical (unpaired) electrons. The third-order valence-electron chi connectivity index (χ3n) is 13.4. The molecule has 1 saturated heterocycles. The molecule has 0 bridgehead atoms. The van der Waals surface area contributed by atoms with Crippen molar-refractivity contribution in [2.75, 3.05) is 11.9 Å². The Balaban J connectivity index is 0.00000392. The summed E-state index contributed by atoms with van der Waals surface area (Å²) in [4.78, 5) is 30.9. The molecule has 268 valence electrons. The SMILES string of the molecule is C.CC(C)Nc1ccc(C2(Cc3ccc([C@@H]4O[C@@H]5C[C@H]6[C@@H]7CCC8=CC(=O)C=C[C@]8(C)[C@@]7(F)[C@@H](O)C[C@]6(C)[C@]5(C(=O)CO)O4)cn3)CC2)cc1. The molecule has 8 rings (SSSR count). The van der Waals surface area contributed by atoms with Crippen LogP contribution in [0.3, 0.4) is 0 Å². The molecule has 1 aromatic heterocycles. The van der Waals surface area contributed by atoms with E-state index in [2.05, 4.69) is 43.4 Å². The van der Waals surface area contributed by atoms with Crippen LogP contribution < -0.4 is 5.32 Å². The van der Waals surface area contributed by atoms with Gasteiger partial charge in [0.15, 0.2) is 29.1 Å². The first-order chi connectivity index (χ1) is 23.3. The molecule has 0 unspecified atom stereocenters. The van der Waals surface area contributed by atoms with Crippen LogP contribution in [0, 0.1) is 22.7 Å². The Morgan fingerprint density at radius 2 is 1.86 bits per heavy atom. The summed E-state index contributed by atoms with van der Waals surface area (Å²) >= 11 is 0. The van der Waals surface area contributed by atoms with Gasteiger partial charge in [0, 0.05) is 51.3 Å². The molecule has 0 amide bonds. The first-order valence-corrected chi connectivity index (χ1v) is 17.9. The molecule has 0 spiro atoms. The lowest BCUT2D eigenvalue weighted by Gasteiger charge is -2.62. The molecule has 5 fully saturated rings. The summed E-state index contributed by atoms with van der Waals surface area (Å²) in [5, 5.41) is 25.5. The lowest BCUT2D eigenvalue weighted by Crippen LogP contribution is -2.69. The average Bonchev–Trinajstić information content (AvgIpc) is 3.68. The van der Waals surface area contributed by atoms with Gasteiger partial charge < -0.3 is 25.0 Å². The fourth-order valence-electron chi connectivity index (χ4n) is 10.7. The molecular formula is C41H51FN2O6. The highest BCUT2D eigenvalue weighted by molar-refractivity contribution is 6.01. The monoisotopic (exact) mass is 686 g/mol. The summed E-state index contributed by atoms with van der Waals surface area (Å²) in [5.41, 5.74) is -0.884. The number of nitrogens with one attached hydrogen (secondary N) is 1. The minimum atomic E-state index is -2.04. The number of ether oxygens (including phenoxy) is 2. The standard InChI is InChI=1S/C40H47FN2O6.CH4/c1-23(2)43-27-10-6-25(7-11-27)38(15-16-38)19-28-9-5-24(21-42-28)35-48-34-18-31-30-12-8-26-17-29(45)13-14-36(26,3)39(30,41)32(46)20-37(31,4)40(34,49-35)33(47)22-44;/h5-7,9-11,13-14,17,21,23,30-32,34-35,43-44,46H,8,12,15-16,18-20,22H2,1-4H3;1H4/t30-,31-,32-,34+,35+,36-,37-,39-,40+;/m0./s1. The maximum Gasteiger partial charge on any atom is 0.193 e. The Morgan fingerprint density at radius 1 is 1.12 bits per heavy atom. The van der Waals surface area contributed by atoms with Crippen molar-refractivity contribution in [1.29, 1.82) is 0 Å². The Kier molecular flexibility index (Phi) is 8.37. The maximum atomic E-state index is 17.6. The van der Waals surface area contributed by atoms with E-state index < -0.39 is 58.9 Å². The van der Waals surface area contributed by atoms with E-state index in [0.717, 1.165) is 30.6 Å². The Labute approximate surface area is 294 Å². The number of Topliss-reactive ketones (excluding diaryl/α,β-unsaturated/α-hetero) is 1. The average molecular weight is 687 g/mol. The van der Waals surface area contributed by atoms with Gasteiger partial charge in [0.25, 0.3) is 0 Å². The fraction of sp³-hybridized carbons (Fsp3) is 0.585. The molecule has 1 aliphatic heterocycles. The molecule has 4 saturated carbocycles. The third-order valence-corrected chi connectivity index (χ3v) is 13.4. The number of fused-ring (bicyclic) bond motifs is 7. The van der Waals surface area contributed by atoms with Crippen molar-refractivity contribution in [1.82, 2.24) is 4.98 Å². The number of ketones is 2. The number of allylic oxidation sites excluding steroid dienone is 4. The molecule has 5 aliphatic carbocycles. The van der Waals surface area contributed by atoms with Gasteiger partial charge in [0.2, 0.25) is 0 Å². The zero-order valence-electron chi connectivity index (χ0n) is 28.7. The molecule has 9 atom stereocenters. The smallest absolute Gasteiger partial charge is 0.193 e. The van der Waals surface area contributed by atoms with Gasteiger partial charge in [-0.25, -0.2) is 4.39 Å². The summed E-state index contributed by atoms with van der Waals surface area (Å²) in [7, 11) is 0. The predicted octanol–water partition coefficient (Wildman–Crippen LogP) is 6.51. The summed E-state index contributed by atoms with van der Waals surface area (Å²) in [6.45, 7) is 7.17. The number of nitrogens with zero attached hydrogens (tertiary/aromatic N) is 1. The number of hydrogen-bond donors (Lipinski definition) is 3. The second-order valence-corrected chi connectivity index (χ2v) is 16.3. The van der Waals surface area contributed by atoms with Gasteiger partial charge in [-0.05, 0) is 108 Å². The van der Waals surface area contributed by atoms with Gasteiger partial charge in [0.1, 0.15) is 6.61 Å². The van der Waals surface area contributed by atoms with Crippen LogP contribution in [-0.2, 0) is 30.9 Å². The van der Waals surface area contributed by atoms with Crippen molar-refractivity contribution in [2.24, 2.45) is 22.7 Å². The van der Waals surface area contributed by atoms with Gasteiger partial charge in [-0.3, -0.25) is 14.6 Å². The summed E-state index contributed by atoms with van der Waals surface area (Å²) in [6.07, 6.45) is 7.55. The van der Waals surface area contributed by atoms with Crippen LogP contribution in [-0.4, -0.2) is 62.9 Å². The minimum Gasteiger partial charge on any atom is -0.390 e. The molecular weight excluding hydrogens is 635 g/mol. The predicted molar refractivity (Wildman–Crippen MR) is 188 cm³/mol. The van der Waals surface area contributed by atoms with Crippen molar-refractivity contribution in [2.45, 2.75) is 121 Å². The van der Waals surface area contributed by atoms with E-state index in [-0.39, 0.29) is 31.0 Å². The number of pyridine rings is 1. The highest BCUT2D eigenvalue weighted by Gasteiger charge is 2.79. The normalized spacial score (nSPS) is 39.1. The van der Waals surface area contributed by atoms with Crippen molar-refractivity contribution in [3.8, 4) is 0 Å². The number of rotatable bonds is 8. The molecule has 8 nitrogen and oxygen atoms in total. The van der Waals surface area contributed by atoms with Gasteiger partial charge in [-0.15, -0.1) is 0 Å². The highest BCUT2D eigenvalue weighted by Crippen LogP contribution is 2.72. The fourth-order valence-corrected chi connectivity index (χ4v) is 10.7. The number of benzene rings is 1. The van der Waals surface area contributed by atoms with E-state index in [1.807, 2.05) is 19.1 Å². The Morgan fingerprint density at radius 3 is 2.50 bits per heavy atom. The summed E-state index contributed by atoms with van der Waals surface area (Å²) in [6, 6.07) is 13.0. The zero-order chi connectivity index (χ0) is 34.6. The number of aromatic nitrogens is 1. The second-order valence-electron chi connectivity index (χ2n) is 16.3.